The van der Waals surface area contributed by atoms with Gasteiger partial charge >= 0.3 is 0 Å². The number of nitrogens with one attached hydrogen (secondary N) is 1. The molecule has 0 aliphatic carbocycles. The van der Waals surface area contributed by atoms with Crippen LogP contribution in [0.4, 0.5) is 10.2 Å². The fourth-order valence-corrected chi connectivity index (χ4v) is 3.43. The number of hydrogen-bond donors (Lipinski definition) is 2. The van der Waals surface area contributed by atoms with Crippen molar-refractivity contribution in [1.29, 1.82) is 0 Å². The fraction of sp³-hybridized carbons (Fsp3) is 0.263. The van der Waals surface area contributed by atoms with E-state index in [1.165, 1.54) is 24.6 Å². The number of benzene rings is 1. The second-order valence-corrected chi connectivity index (χ2v) is 6.92. The largest absolute Gasteiger partial charge is 0.478 e. The summed E-state index contributed by atoms with van der Waals surface area (Å²) in [6, 6.07) is 2.56. The normalized spacial score (nSPS) is 12.2. The summed E-state index contributed by atoms with van der Waals surface area (Å²) in [5, 5.41) is 3.33. The highest BCUT2D eigenvalue weighted by Crippen LogP contribution is 2.39. The van der Waals surface area contributed by atoms with E-state index in [0.717, 1.165) is 6.42 Å². The summed E-state index contributed by atoms with van der Waals surface area (Å²) in [5.41, 5.74) is 6.79. The number of rotatable bonds is 6. The lowest BCUT2D eigenvalue weighted by Crippen LogP contribution is -2.23. The highest BCUT2D eigenvalue weighted by molar-refractivity contribution is 6.36. The average Bonchev–Trinajstić information content (AvgIpc) is 3.10. The number of furan rings is 1. The third-order valence-corrected chi connectivity index (χ3v) is 4.88. The zero-order valence-corrected chi connectivity index (χ0v) is 16.7. The van der Waals surface area contributed by atoms with Crippen LogP contribution in [0.2, 0.25) is 10.0 Å². The number of nitrogens with zero attached hydrogens (tertiary/aromatic N) is 1. The van der Waals surface area contributed by atoms with Crippen LogP contribution in [0, 0.1) is 5.82 Å². The van der Waals surface area contributed by atoms with Crippen LogP contribution in [0.3, 0.4) is 0 Å². The van der Waals surface area contributed by atoms with Gasteiger partial charge in [-0.05, 0) is 25.5 Å². The Kier molecular flexibility index (Phi) is 5.96. The van der Waals surface area contributed by atoms with Gasteiger partial charge in [0, 0.05) is 23.3 Å². The van der Waals surface area contributed by atoms with Crippen LogP contribution in [-0.4, -0.2) is 17.4 Å². The van der Waals surface area contributed by atoms with E-state index in [1.54, 1.807) is 6.92 Å². The van der Waals surface area contributed by atoms with Gasteiger partial charge in [0.15, 0.2) is 11.4 Å². The molecular formula is C19H18Cl2FN3O3. The molecule has 1 atom stereocenters. The molecule has 0 bridgehead atoms. The van der Waals surface area contributed by atoms with Crippen molar-refractivity contribution in [2.24, 2.45) is 0 Å². The van der Waals surface area contributed by atoms with Crippen LogP contribution < -0.4 is 15.8 Å². The summed E-state index contributed by atoms with van der Waals surface area (Å²) in [5.74, 6) is -0.732. The summed E-state index contributed by atoms with van der Waals surface area (Å²) in [6.07, 6.45) is 2.80. The Hall–Kier alpha value is -2.51. The molecule has 0 fully saturated rings. The van der Waals surface area contributed by atoms with Crippen molar-refractivity contribution in [2.75, 3.05) is 12.3 Å². The molecule has 9 heteroatoms. The number of hydrogen-bond acceptors (Lipinski definition) is 5. The quantitative estimate of drug-likeness (QED) is 0.533. The van der Waals surface area contributed by atoms with Gasteiger partial charge in [-0.25, -0.2) is 9.37 Å². The highest BCUT2D eigenvalue weighted by Gasteiger charge is 2.24. The summed E-state index contributed by atoms with van der Waals surface area (Å²) in [7, 11) is 0. The van der Waals surface area contributed by atoms with Crippen molar-refractivity contribution >= 4 is 45.9 Å². The number of aromatic nitrogens is 1. The first-order valence-electron chi connectivity index (χ1n) is 8.59. The molecule has 2 aromatic heterocycles. The van der Waals surface area contributed by atoms with Gasteiger partial charge in [0.25, 0.3) is 5.91 Å². The Morgan fingerprint density at radius 1 is 1.43 bits per heavy atom. The number of carbonyl (C=O) groups is 1. The van der Waals surface area contributed by atoms with Crippen molar-refractivity contribution in [1.82, 2.24) is 10.3 Å². The number of halogens is 3. The molecule has 0 saturated carbocycles. The third-order valence-electron chi connectivity index (χ3n) is 4.16. The summed E-state index contributed by atoms with van der Waals surface area (Å²) >= 11 is 12.2. The number of pyridine rings is 1. The van der Waals surface area contributed by atoms with E-state index in [9.17, 15) is 9.18 Å². The molecule has 28 heavy (non-hydrogen) atoms. The number of nitrogens with two attached hydrogens (primary N) is 1. The summed E-state index contributed by atoms with van der Waals surface area (Å²) < 4.78 is 25.3. The minimum atomic E-state index is -0.757. The Morgan fingerprint density at radius 2 is 2.18 bits per heavy atom. The third kappa shape index (κ3) is 3.72. The van der Waals surface area contributed by atoms with Gasteiger partial charge in [-0.2, -0.15) is 0 Å². The minimum absolute atomic E-state index is 0.0536. The Bertz CT molecular complexity index is 1040. The van der Waals surface area contributed by atoms with Gasteiger partial charge in [0.2, 0.25) is 5.75 Å². The average molecular weight is 426 g/mol. The second-order valence-electron chi connectivity index (χ2n) is 6.14. The van der Waals surface area contributed by atoms with Crippen LogP contribution in [0.5, 0.6) is 5.75 Å². The van der Waals surface area contributed by atoms with Crippen molar-refractivity contribution < 1.29 is 18.3 Å². The molecule has 3 aromatic rings. The van der Waals surface area contributed by atoms with E-state index in [-0.39, 0.29) is 38.7 Å². The number of fused-ring (bicyclic) bond motifs is 1. The molecule has 0 aliphatic heterocycles. The number of anilines is 1. The minimum Gasteiger partial charge on any atom is -0.478 e. The summed E-state index contributed by atoms with van der Waals surface area (Å²) in [6.45, 7) is 4.12. The molecule has 3 rings (SSSR count). The van der Waals surface area contributed by atoms with Crippen LogP contribution >= 0.6 is 23.2 Å². The van der Waals surface area contributed by atoms with Gasteiger partial charge in [-0.1, -0.05) is 30.1 Å². The van der Waals surface area contributed by atoms with Gasteiger partial charge in [0.1, 0.15) is 18.2 Å². The maximum Gasteiger partial charge on any atom is 0.255 e. The molecule has 1 amide bonds. The van der Waals surface area contributed by atoms with E-state index in [0.29, 0.717) is 17.5 Å². The van der Waals surface area contributed by atoms with Crippen LogP contribution in [0.25, 0.3) is 11.0 Å². The molecule has 0 unspecified atom stereocenters. The maximum atomic E-state index is 13.8. The zero-order chi connectivity index (χ0) is 20.4. The molecular weight excluding hydrogens is 408 g/mol. The van der Waals surface area contributed by atoms with Crippen LogP contribution in [0.15, 0.2) is 29.0 Å². The van der Waals surface area contributed by atoms with Crippen LogP contribution in [-0.2, 0) is 0 Å². The maximum absolute atomic E-state index is 13.8. The van der Waals surface area contributed by atoms with E-state index in [4.69, 9.17) is 38.1 Å². The molecule has 0 radical (unpaired) electrons. The Morgan fingerprint density at radius 3 is 2.89 bits per heavy atom. The molecule has 1 aromatic carbocycles. The predicted octanol–water partition coefficient (Wildman–Crippen LogP) is 5.14. The smallest absolute Gasteiger partial charge is 0.255 e. The van der Waals surface area contributed by atoms with E-state index >= 15 is 0 Å². The van der Waals surface area contributed by atoms with E-state index in [2.05, 4.69) is 10.3 Å². The topological polar surface area (TPSA) is 90.4 Å². The first kappa shape index (κ1) is 20.2. The molecule has 2 heterocycles. The second kappa shape index (κ2) is 8.24. The predicted molar refractivity (Wildman–Crippen MR) is 107 cm³/mol. The molecule has 3 N–H and O–H groups in total. The Balaban J connectivity index is 2.00. The standard InChI is InChI=1S/C19H18Cl2FN3O3/c1-3-6-24-19(26)11-8-27-16-10(11)7-25-18(23)17(16)28-9(2)14-12(20)4-5-13(22)15(14)21/h4-5,7-9H,3,6H2,1-2H3,(H2,23,25)(H,24,26)/t9-/m1/s1. The van der Waals surface area contributed by atoms with Gasteiger partial charge in [-0.15, -0.1) is 0 Å². The first-order valence-corrected chi connectivity index (χ1v) is 9.34. The highest BCUT2D eigenvalue weighted by atomic mass is 35.5. The molecule has 0 saturated heterocycles. The van der Waals surface area contributed by atoms with Crippen molar-refractivity contribution in [3.05, 3.63) is 51.6 Å². The number of ether oxygens (including phenoxy) is 1. The van der Waals surface area contributed by atoms with Crippen molar-refractivity contribution in [3.8, 4) is 5.75 Å². The Labute approximate surface area is 170 Å². The molecule has 148 valence electrons. The number of carbonyl (C=O) groups excluding carboxylic acids is 1. The number of nitrogen functional groups attached to an aromatic ring is 1. The van der Waals surface area contributed by atoms with Gasteiger partial charge in [0.05, 0.1) is 16.0 Å². The molecule has 6 nitrogen and oxygen atoms in total. The first-order chi connectivity index (χ1) is 13.3. The van der Waals surface area contributed by atoms with E-state index < -0.39 is 11.9 Å². The van der Waals surface area contributed by atoms with Crippen LogP contribution in [0.1, 0.15) is 42.3 Å². The van der Waals surface area contributed by atoms with E-state index in [1.807, 2.05) is 6.92 Å². The fourth-order valence-electron chi connectivity index (χ4n) is 2.75. The number of amides is 1. The SMILES string of the molecule is CCCNC(=O)c1coc2c(O[C@H](C)c3c(Cl)ccc(F)c3Cl)c(N)ncc12. The van der Waals surface area contributed by atoms with Crippen molar-refractivity contribution in [3.63, 3.8) is 0 Å². The zero-order valence-electron chi connectivity index (χ0n) is 15.2. The lowest BCUT2D eigenvalue weighted by molar-refractivity contribution is 0.0954. The lowest BCUT2D eigenvalue weighted by atomic mass is 10.1. The monoisotopic (exact) mass is 425 g/mol. The van der Waals surface area contributed by atoms with Gasteiger partial charge in [-0.3, -0.25) is 4.79 Å². The van der Waals surface area contributed by atoms with Gasteiger partial charge < -0.3 is 20.2 Å². The lowest BCUT2D eigenvalue weighted by Gasteiger charge is -2.18. The summed E-state index contributed by atoms with van der Waals surface area (Å²) in [4.78, 5) is 16.4. The molecule has 0 aliphatic rings. The van der Waals surface area contributed by atoms with Crippen molar-refractivity contribution in [2.45, 2.75) is 26.4 Å². The molecule has 0 spiro atoms.